The normalized spacial score (nSPS) is 21.1. The molecule has 3 rings (SSSR count). The molecule has 1 amide bonds. The second-order valence-electron chi connectivity index (χ2n) is 7.83. The Hall–Kier alpha value is -3.16. The van der Waals surface area contributed by atoms with Crippen molar-refractivity contribution in [2.24, 2.45) is 0 Å². The summed E-state index contributed by atoms with van der Waals surface area (Å²) in [6.45, 7) is 5.75. The van der Waals surface area contributed by atoms with E-state index in [1.165, 1.54) is 6.92 Å². The van der Waals surface area contributed by atoms with E-state index in [-0.39, 0.29) is 17.7 Å². The Kier molecular flexibility index (Phi) is 7.66. The molecule has 0 radical (unpaired) electrons. The van der Waals surface area contributed by atoms with Gasteiger partial charge < -0.3 is 25.4 Å². The predicted octanol–water partition coefficient (Wildman–Crippen LogP) is 2.41. The van der Waals surface area contributed by atoms with E-state index < -0.39 is 12.1 Å². The minimum Gasteiger partial charge on any atom is -0.496 e. The summed E-state index contributed by atoms with van der Waals surface area (Å²) in [6.07, 6.45) is 1.92. The molecule has 7 nitrogen and oxygen atoms in total. The summed E-state index contributed by atoms with van der Waals surface area (Å²) >= 11 is 0. The number of carbonyl (C=O) groups excluding carboxylic acids is 2. The summed E-state index contributed by atoms with van der Waals surface area (Å²) in [6, 6.07) is 10.4. The van der Waals surface area contributed by atoms with E-state index in [0.29, 0.717) is 18.7 Å². The van der Waals surface area contributed by atoms with Crippen LogP contribution in [0.4, 0.5) is 0 Å². The molecule has 0 spiro atoms. The van der Waals surface area contributed by atoms with Crippen LogP contribution in [-0.2, 0) is 16.0 Å². The SMILES string of the molecule is C=CC1NCC(NC)c2ccc(OC)c(c2)-c2cc(ccc2OC)CC(C(C)=O)NC1=O. The van der Waals surface area contributed by atoms with E-state index in [9.17, 15) is 9.59 Å². The van der Waals surface area contributed by atoms with Crippen LogP contribution in [0.3, 0.4) is 0 Å². The smallest absolute Gasteiger partial charge is 0.241 e. The van der Waals surface area contributed by atoms with E-state index in [0.717, 1.165) is 28.0 Å². The van der Waals surface area contributed by atoms with E-state index >= 15 is 0 Å². The lowest BCUT2D eigenvalue weighted by atomic mass is 9.94. The second-order valence-corrected chi connectivity index (χ2v) is 7.83. The number of benzene rings is 2. The predicted molar refractivity (Wildman–Crippen MR) is 125 cm³/mol. The molecule has 1 heterocycles. The number of hydrogen-bond donors (Lipinski definition) is 3. The van der Waals surface area contributed by atoms with Gasteiger partial charge in [0, 0.05) is 23.7 Å². The van der Waals surface area contributed by atoms with Gasteiger partial charge in [0.1, 0.15) is 17.5 Å². The maximum atomic E-state index is 12.9. The Morgan fingerprint density at radius 3 is 2.38 bits per heavy atom. The van der Waals surface area contributed by atoms with Crippen molar-refractivity contribution in [1.29, 1.82) is 0 Å². The summed E-state index contributed by atoms with van der Waals surface area (Å²) in [4.78, 5) is 25.2. The molecule has 3 N–H and O–H groups in total. The highest BCUT2D eigenvalue weighted by Crippen LogP contribution is 2.38. The van der Waals surface area contributed by atoms with Gasteiger partial charge in [-0.3, -0.25) is 9.59 Å². The van der Waals surface area contributed by atoms with Gasteiger partial charge >= 0.3 is 0 Å². The van der Waals surface area contributed by atoms with Crippen LogP contribution in [0.5, 0.6) is 11.5 Å². The lowest BCUT2D eigenvalue weighted by molar-refractivity contribution is -0.127. The van der Waals surface area contributed by atoms with Gasteiger partial charge in [-0.1, -0.05) is 18.2 Å². The number of methoxy groups -OCH3 is 2. The lowest BCUT2D eigenvalue weighted by Gasteiger charge is -2.25. The zero-order chi connectivity index (χ0) is 23.3. The molecule has 32 heavy (non-hydrogen) atoms. The summed E-state index contributed by atoms with van der Waals surface area (Å²) in [5, 5.41) is 9.41. The summed E-state index contributed by atoms with van der Waals surface area (Å²) in [7, 11) is 5.14. The highest BCUT2D eigenvalue weighted by atomic mass is 16.5. The van der Waals surface area contributed by atoms with Gasteiger partial charge in [0.2, 0.25) is 5.91 Å². The van der Waals surface area contributed by atoms with Gasteiger partial charge in [-0.25, -0.2) is 0 Å². The number of ether oxygens (including phenoxy) is 2. The van der Waals surface area contributed by atoms with Gasteiger partial charge in [-0.15, -0.1) is 6.58 Å². The third-order valence-electron chi connectivity index (χ3n) is 5.84. The lowest BCUT2D eigenvalue weighted by Crippen LogP contribution is -2.50. The Morgan fingerprint density at radius 2 is 1.78 bits per heavy atom. The standard InChI is InChI=1S/C25H31N3O4/c1-6-20-25(30)28-21(15(2)29)12-16-7-9-23(31-4)18(11-16)19-13-17(8-10-24(19)32-5)22(26-3)14-27-20/h6-11,13,20-22,26-27H,1,12,14H2,2-5H3,(H,28,30). The fourth-order valence-electron chi connectivity index (χ4n) is 3.95. The van der Waals surface area contributed by atoms with Gasteiger partial charge in [-0.2, -0.15) is 0 Å². The van der Waals surface area contributed by atoms with Crippen molar-refractivity contribution in [2.75, 3.05) is 27.8 Å². The molecule has 0 aliphatic carbocycles. The van der Waals surface area contributed by atoms with Crippen molar-refractivity contribution in [3.8, 4) is 22.6 Å². The quantitative estimate of drug-likeness (QED) is 0.623. The van der Waals surface area contributed by atoms with Crippen LogP contribution in [0.1, 0.15) is 24.1 Å². The maximum Gasteiger partial charge on any atom is 0.241 e. The maximum absolute atomic E-state index is 12.9. The number of ketones is 1. The molecule has 7 heteroatoms. The molecule has 3 unspecified atom stereocenters. The van der Waals surface area contributed by atoms with Crippen LogP contribution in [0.15, 0.2) is 49.1 Å². The number of amides is 1. The zero-order valence-corrected chi connectivity index (χ0v) is 19.0. The number of carbonyl (C=O) groups is 2. The van der Waals surface area contributed by atoms with E-state index in [2.05, 4.69) is 28.6 Å². The van der Waals surface area contributed by atoms with Crippen LogP contribution in [0.25, 0.3) is 11.1 Å². The molecule has 1 aliphatic heterocycles. The van der Waals surface area contributed by atoms with Crippen molar-refractivity contribution in [1.82, 2.24) is 16.0 Å². The Balaban J connectivity index is 2.20. The zero-order valence-electron chi connectivity index (χ0n) is 19.0. The molecule has 2 aromatic carbocycles. The third kappa shape index (κ3) is 5.00. The Morgan fingerprint density at radius 1 is 1.12 bits per heavy atom. The monoisotopic (exact) mass is 437 g/mol. The van der Waals surface area contributed by atoms with E-state index in [1.807, 2.05) is 37.4 Å². The first-order valence-electron chi connectivity index (χ1n) is 10.6. The minimum absolute atomic E-state index is 0.0735. The highest BCUT2D eigenvalue weighted by Gasteiger charge is 2.25. The molecule has 4 bridgehead atoms. The van der Waals surface area contributed by atoms with Crippen molar-refractivity contribution in [2.45, 2.75) is 31.5 Å². The molecule has 0 saturated carbocycles. The molecule has 2 aromatic rings. The molecule has 170 valence electrons. The number of rotatable bonds is 5. The van der Waals surface area contributed by atoms with Gasteiger partial charge in [0.05, 0.1) is 20.3 Å². The summed E-state index contributed by atoms with van der Waals surface area (Å²) in [5.74, 6) is 1.03. The Labute approximate surface area is 189 Å². The molecule has 0 aromatic heterocycles. The molecule has 3 atom stereocenters. The fraction of sp³-hybridized carbons (Fsp3) is 0.360. The number of fused-ring (bicyclic) bond motifs is 5. The molecule has 1 aliphatic rings. The second kappa shape index (κ2) is 10.4. The number of hydrogen-bond acceptors (Lipinski definition) is 6. The van der Waals surface area contributed by atoms with Crippen LogP contribution in [0.2, 0.25) is 0 Å². The van der Waals surface area contributed by atoms with Gasteiger partial charge in [0.25, 0.3) is 0 Å². The molecular weight excluding hydrogens is 406 g/mol. The number of likely N-dealkylation sites (N-methyl/N-ethyl adjacent to an activating group) is 1. The molecule has 0 saturated heterocycles. The highest BCUT2D eigenvalue weighted by molar-refractivity contribution is 5.91. The number of Topliss-reactive ketones (excluding diaryl/α,β-unsaturated/α-hetero) is 1. The topological polar surface area (TPSA) is 88.7 Å². The summed E-state index contributed by atoms with van der Waals surface area (Å²) in [5.41, 5.74) is 3.69. The number of nitrogens with one attached hydrogen (secondary N) is 3. The largest absolute Gasteiger partial charge is 0.496 e. The van der Waals surface area contributed by atoms with Crippen molar-refractivity contribution in [3.63, 3.8) is 0 Å². The van der Waals surface area contributed by atoms with Crippen LogP contribution >= 0.6 is 0 Å². The summed E-state index contributed by atoms with van der Waals surface area (Å²) < 4.78 is 11.3. The first kappa shape index (κ1) is 23.5. The van der Waals surface area contributed by atoms with E-state index in [1.54, 1.807) is 20.3 Å². The molecular formula is C25H31N3O4. The van der Waals surface area contributed by atoms with E-state index in [4.69, 9.17) is 9.47 Å². The van der Waals surface area contributed by atoms with Gasteiger partial charge in [0.15, 0.2) is 5.78 Å². The van der Waals surface area contributed by atoms with Crippen molar-refractivity contribution < 1.29 is 19.1 Å². The van der Waals surface area contributed by atoms with Crippen molar-refractivity contribution >= 4 is 11.7 Å². The van der Waals surface area contributed by atoms with Crippen LogP contribution in [-0.4, -0.2) is 51.6 Å². The first-order valence-corrected chi connectivity index (χ1v) is 10.6. The van der Waals surface area contributed by atoms with Crippen LogP contribution < -0.4 is 25.4 Å². The Bertz CT molecular complexity index is 1000. The minimum atomic E-state index is -0.649. The fourth-order valence-corrected chi connectivity index (χ4v) is 3.95. The van der Waals surface area contributed by atoms with Crippen molar-refractivity contribution in [3.05, 3.63) is 60.2 Å². The average molecular weight is 438 g/mol. The third-order valence-corrected chi connectivity index (χ3v) is 5.84. The first-order chi connectivity index (χ1) is 15.4. The molecule has 0 fully saturated rings. The average Bonchev–Trinajstić information content (AvgIpc) is 2.80. The van der Waals surface area contributed by atoms with Crippen LogP contribution in [0, 0.1) is 0 Å². The van der Waals surface area contributed by atoms with Gasteiger partial charge in [-0.05, 0) is 55.8 Å².